The Morgan fingerprint density at radius 3 is 2.54 bits per heavy atom. The summed E-state index contributed by atoms with van der Waals surface area (Å²) in [5, 5.41) is 11.7. The highest BCUT2D eigenvalue weighted by molar-refractivity contribution is 7.81. The molecule has 2 N–H and O–H groups in total. The van der Waals surface area contributed by atoms with Crippen LogP contribution >= 0.6 is 12.6 Å². The molecule has 10 heteroatoms. The molecule has 0 aliphatic rings. The number of aromatic nitrogens is 2. The monoisotopic (exact) mass is 579 g/mol. The number of amides is 1. The first-order chi connectivity index (χ1) is 19.7. The van der Waals surface area contributed by atoms with Gasteiger partial charge in [-0.15, -0.1) is 0 Å². The van der Waals surface area contributed by atoms with E-state index in [-0.39, 0.29) is 36.8 Å². The number of imidazole rings is 1. The molecule has 0 spiro atoms. The number of thiol groups is 1. The summed E-state index contributed by atoms with van der Waals surface area (Å²) in [5.74, 6) is -2.33. The van der Waals surface area contributed by atoms with Gasteiger partial charge in [-0.3, -0.25) is 9.36 Å². The van der Waals surface area contributed by atoms with Gasteiger partial charge in [-0.1, -0.05) is 49.4 Å². The molecule has 0 fully saturated rings. The molecular formula is C31H31F2N3O4S. The number of aryl methyl sites for hydroxylation is 1. The molecule has 1 aromatic heterocycles. The summed E-state index contributed by atoms with van der Waals surface area (Å²) in [5.41, 5.74) is 3.30. The molecule has 214 valence electrons. The summed E-state index contributed by atoms with van der Waals surface area (Å²) in [6, 6.07) is 17.4. The van der Waals surface area contributed by atoms with Gasteiger partial charge in [0.15, 0.2) is 0 Å². The molecule has 1 unspecified atom stereocenters. The molecule has 1 heterocycles. The zero-order valence-electron chi connectivity index (χ0n) is 22.7. The lowest BCUT2D eigenvalue weighted by molar-refractivity contribution is -0.120. The Morgan fingerprint density at radius 2 is 1.85 bits per heavy atom. The summed E-state index contributed by atoms with van der Waals surface area (Å²) in [6.07, 6.45) is 0.804. The summed E-state index contributed by atoms with van der Waals surface area (Å²) in [6.45, 7) is 4.27. The minimum atomic E-state index is -1.09. The number of carboxylic acids is 1. The minimum Gasteiger partial charge on any atom is -0.478 e. The largest absolute Gasteiger partial charge is 0.478 e. The van der Waals surface area contributed by atoms with Gasteiger partial charge in [-0.25, -0.2) is 13.6 Å². The van der Waals surface area contributed by atoms with E-state index >= 15 is 4.39 Å². The van der Waals surface area contributed by atoms with E-state index in [1.807, 2.05) is 13.8 Å². The van der Waals surface area contributed by atoms with Crippen LogP contribution in [-0.2, 0) is 30.7 Å². The summed E-state index contributed by atoms with van der Waals surface area (Å²) < 4.78 is 36.4. The van der Waals surface area contributed by atoms with E-state index in [9.17, 15) is 19.1 Å². The van der Waals surface area contributed by atoms with Crippen molar-refractivity contribution in [1.82, 2.24) is 14.9 Å². The number of carbonyl (C=O) groups is 2. The van der Waals surface area contributed by atoms with Crippen LogP contribution in [0.25, 0.3) is 11.1 Å². The Bertz CT molecular complexity index is 1560. The smallest absolute Gasteiger partial charge is 0.336 e. The second-order valence-corrected chi connectivity index (χ2v) is 10.0. The number of rotatable bonds is 12. The lowest BCUT2D eigenvalue weighted by Gasteiger charge is -2.16. The van der Waals surface area contributed by atoms with Gasteiger partial charge in [0.1, 0.15) is 11.6 Å². The first-order valence-electron chi connectivity index (χ1n) is 13.2. The third-order valence-electron chi connectivity index (χ3n) is 6.63. The Balaban J connectivity index is 1.58. The highest BCUT2D eigenvalue weighted by Gasteiger charge is 2.22. The average Bonchev–Trinajstić information content (AvgIpc) is 3.28. The third-order valence-corrected chi connectivity index (χ3v) is 7.05. The fourth-order valence-electron chi connectivity index (χ4n) is 4.60. The van der Waals surface area contributed by atoms with Gasteiger partial charge >= 0.3 is 5.97 Å². The highest BCUT2D eigenvalue weighted by atomic mass is 32.1. The van der Waals surface area contributed by atoms with Crippen LogP contribution in [-0.4, -0.2) is 38.4 Å². The zero-order chi connectivity index (χ0) is 29.5. The Labute approximate surface area is 242 Å². The standard InChI is InChI=1S/C31H31F2N3O4S/c1-3-26-27(17-34-29(37)28(41)15-19-8-7-9-22(32)14-19)36(31(35-26)40-4-2)18-21-13-12-20(16-25(21)33)23-10-5-6-11-24(23)30(38)39/h5-14,16,28,41H,3-4,15,17-18H2,1-2H3,(H,34,37)(H,38,39). The lowest BCUT2D eigenvalue weighted by Crippen LogP contribution is -2.33. The predicted octanol–water partition coefficient (Wildman–Crippen LogP) is 5.69. The maximum absolute atomic E-state index is 15.4. The molecule has 4 aromatic rings. The van der Waals surface area contributed by atoms with Crippen molar-refractivity contribution in [3.63, 3.8) is 0 Å². The van der Waals surface area contributed by atoms with Crippen molar-refractivity contribution >= 4 is 24.5 Å². The van der Waals surface area contributed by atoms with Crippen molar-refractivity contribution in [3.8, 4) is 17.1 Å². The van der Waals surface area contributed by atoms with E-state index in [0.717, 1.165) is 0 Å². The quantitative estimate of drug-likeness (QED) is 0.188. The topological polar surface area (TPSA) is 93.5 Å². The van der Waals surface area contributed by atoms with Crippen LogP contribution in [0.1, 0.15) is 46.7 Å². The molecule has 0 aliphatic heterocycles. The molecule has 1 atom stereocenters. The van der Waals surface area contributed by atoms with Gasteiger partial charge in [0.2, 0.25) is 5.91 Å². The van der Waals surface area contributed by atoms with Crippen LogP contribution < -0.4 is 10.1 Å². The first-order valence-corrected chi connectivity index (χ1v) is 13.8. The van der Waals surface area contributed by atoms with E-state index in [2.05, 4.69) is 22.9 Å². The number of aromatic carboxylic acids is 1. The Morgan fingerprint density at radius 1 is 1.07 bits per heavy atom. The van der Waals surface area contributed by atoms with E-state index in [4.69, 9.17) is 4.74 Å². The van der Waals surface area contributed by atoms with Gasteiger partial charge in [0.25, 0.3) is 6.01 Å². The summed E-state index contributed by atoms with van der Waals surface area (Å²) in [4.78, 5) is 29.1. The first kappa shape index (κ1) is 29.8. The lowest BCUT2D eigenvalue weighted by atomic mass is 9.98. The number of benzene rings is 3. The van der Waals surface area contributed by atoms with E-state index in [0.29, 0.717) is 52.7 Å². The second kappa shape index (κ2) is 13.5. The normalized spacial score (nSPS) is 11.7. The van der Waals surface area contributed by atoms with Gasteiger partial charge in [0.05, 0.1) is 41.9 Å². The van der Waals surface area contributed by atoms with E-state index < -0.39 is 17.0 Å². The fraction of sp³-hybridized carbons (Fsp3) is 0.258. The maximum atomic E-state index is 15.4. The Hall–Kier alpha value is -4.18. The van der Waals surface area contributed by atoms with Gasteiger partial charge in [0, 0.05) is 5.56 Å². The predicted molar refractivity (Wildman–Crippen MR) is 155 cm³/mol. The zero-order valence-corrected chi connectivity index (χ0v) is 23.6. The molecule has 0 aliphatic carbocycles. The number of carbonyl (C=O) groups excluding carboxylic acids is 1. The molecule has 4 rings (SSSR count). The number of nitrogens with one attached hydrogen (secondary N) is 1. The van der Waals surface area contributed by atoms with Crippen molar-refractivity contribution in [3.05, 3.63) is 106 Å². The molecule has 41 heavy (non-hydrogen) atoms. The van der Waals surface area contributed by atoms with E-state index in [1.165, 1.54) is 24.3 Å². The van der Waals surface area contributed by atoms with Crippen LogP contribution in [0, 0.1) is 11.6 Å². The van der Waals surface area contributed by atoms with E-state index in [1.54, 1.807) is 47.0 Å². The molecule has 3 aromatic carbocycles. The third kappa shape index (κ3) is 7.13. The van der Waals surface area contributed by atoms with Crippen molar-refractivity contribution in [2.75, 3.05) is 6.61 Å². The van der Waals surface area contributed by atoms with Crippen LogP contribution in [0.5, 0.6) is 6.01 Å². The second-order valence-electron chi connectivity index (χ2n) is 9.39. The molecule has 0 radical (unpaired) electrons. The number of nitrogens with zero attached hydrogens (tertiary/aromatic N) is 2. The van der Waals surface area contributed by atoms with Crippen molar-refractivity contribution in [1.29, 1.82) is 0 Å². The molecule has 7 nitrogen and oxygen atoms in total. The van der Waals surface area contributed by atoms with Crippen LogP contribution in [0.4, 0.5) is 8.78 Å². The summed E-state index contributed by atoms with van der Waals surface area (Å²) in [7, 11) is 0. The van der Waals surface area contributed by atoms with Crippen molar-refractivity contribution < 1.29 is 28.2 Å². The highest BCUT2D eigenvalue weighted by Crippen LogP contribution is 2.28. The number of halogens is 2. The fourth-order valence-corrected chi connectivity index (χ4v) is 4.90. The maximum Gasteiger partial charge on any atom is 0.336 e. The average molecular weight is 580 g/mol. The van der Waals surface area contributed by atoms with Crippen molar-refractivity contribution in [2.45, 2.75) is 45.0 Å². The molecule has 1 amide bonds. The molecule has 0 bridgehead atoms. The molecular weight excluding hydrogens is 548 g/mol. The van der Waals surface area contributed by atoms with Crippen LogP contribution in [0.2, 0.25) is 0 Å². The Kier molecular flexibility index (Phi) is 9.78. The van der Waals surface area contributed by atoms with Gasteiger partial charge in [-0.2, -0.15) is 17.6 Å². The number of hydrogen-bond donors (Lipinski definition) is 3. The molecule has 0 saturated carbocycles. The SMILES string of the molecule is CCOc1nc(CC)c(CNC(=O)C(S)Cc2cccc(F)c2)n1Cc1ccc(-c2ccccc2C(=O)O)cc1F. The number of hydrogen-bond acceptors (Lipinski definition) is 5. The molecule has 0 saturated heterocycles. The van der Waals surface area contributed by atoms with Crippen LogP contribution in [0.3, 0.4) is 0 Å². The van der Waals surface area contributed by atoms with Gasteiger partial charge < -0.3 is 15.2 Å². The summed E-state index contributed by atoms with van der Waals surface area (Å²) >= 11 is 4.42. The number of ether oxygens (including phenoxy) is 1. The van der Waals surface area contributed by atoms with Crippen LogP contribution in [0.15, 0.2) is 66.7 Å². The van der Waals surface area contributed by atoms with Gasteiger partial charge in [-0.05, 0) is 60.7 Å². The van der Waals surface area contributed by atoms with Crippen molar-refractivity contribution in [2.24, 2.45) is 0 Å². The number of carboxylic acid groups (broad SMARTS) is 1. The minimum absolute atomic E-state index is 0.0772.